The molecule has 0 bridgehead atoms. The Morgan fingerprint density at radius 3 is 2.76 bits per heavy atom. The van der Waals surface area contributed by atoms with Gasteiger partial charge >= 0.3 is 6.18 Å². The average molecular weight is 348 g/mol. The summed E-state index contributed by atoms with van der Waals surface area (Å²) in [6.45, 7) is 0.213. The molecule has 130 valence electrons. The minimum Gasteiger partial charge on any atom is -0.493 e. The van der Waals surface area contributed by atoms with E-state index in [9.17, 15) is 13.2 Å². The maximum absolute atomic E-state index is 13.3. The summed E-state index contributed by atoms with van der Waals surface area (Å²) in [7, 11) is 1.54. The highest BCUT2D eigenvalue weighted by atomic mass is 19.4. The Bertz CT molecular complexity index is 828. The van der Waals surface area contributed by atoms with E-state index in [2.05, 4.69) is 5.32 Å². The van der Waals surface area contributed by atoms with Gasteiger partial charge < -0.3 is 14.8 Å². The Kier molecular flexibility index (Phi) is 4.45. The maximum atomic E-state index is 13.3. The zero-order valence-corrected chi connectivity index (χ0v) is 13.4. The van der Waals surface area contributed by atoms with Crippen molar-refractivity contribution in [2.24, 2.45) is 0 Å². The van der Waals surface area contributed by atoms with Crippen LogP contribution in [0.3, 0.4) is 0 Å². The fourth-order valence-corrected chi connectivity index (χ4v) is 2.84. The third-order valence-electron chi connectivity index (χ3n) is 3.99. The van der Waals surface area contributed by atoms with Crippen LogP contribution in [0, 0.1) is 11.3 Å². The van der Waals surface area contributed by atoms with E-state index in [1.165, 1.54) is 19.2 Å². The highest BCUT2D eigenvalue weighted by molar-refractivity contribution is 5.57. The van der Waals surface area contributed by atoms with Gasteiger partial charge in [-0.3, -0.25) is 0 Å². The maximum Gasteiger partial charge on any atom is 0.418 e. The molecule has 3 rings (SSSR count). The molecule has 1 aliphatic heterocycles. The third-order valence-corrected chi connectivity index (χ3v) is 3.99. The van der Waals surface area contributed by atoms with Crippen molar-refractivity contribution in [3.8, 4) is 17.6 Å². The van der Waals surface area contributed by atoms with Crippen molar-refractivity contribution >= 4 is 5.69 Å². The number of fused-ring (bicyclic) bond motifs is 1. The van der Waals surface area contributed by atoms with E-state index in [0.717, 1.165) is 11.6 Å². The fraction of sp³-hybridized carbons (Fsp3) is 0.278. The van der Waals surface area contributed by atoms with Crippen molar-refractivity contribution in [3.63, 3.8) is 0 Å². The largest absolute Gasteiger partial charge is 0.493 e. The molecule has 0 radical (unpaired) electrons. The van der Waals surface area contributed by atoms with E-state index in [-0.39, 0.29) is 23.9 Å². The summed E-state index contributed by atoms with van der Waals surface area (Å²) in [6, 6.07) is 10.3. The molecule has 2 aromatic carbocycles. The molecule has 0 fully saturated rings. The minimum atomic E-state index is -4.55. The number of halogens is 3. The number of ether oxygens (including phenoxy) is 2. The number of methoxy groups -OCH3 is 1. The average Bonchev–Trinajstić information content (AvgIpc) is 2.60. The second-order valence-corrected chi connectivity index (χ2v) is 5.67. The first kappa shape index (κ1) is 17.0. The number of alkyl halides is 3. The van der Waals surface area contributed by atoms with Crippen LogP contribution in [0.25, 0.3) is 0 Å². The number of para-hydroxylation sites is 1. The van der Waals surface area contributed by atoms with Crippen molar-refractivity contribution in [1.29, 1.82) is 5.26 Å². The number of anilines is 1. The molecule has 0 saturated heterocycles. The number of nitrogens with zero attached hydrogens (tertiary/aromatic N) is 1. The monoisotopic (exact) mass is 348 g/mol. The third kappa shape index (κ3) is 3.48. The Balaban J connectivity index is 1.85. The van der Waals surface area contributed by atoms with Crippen LogP contribution in [0.15, 0.2) is 36.4 Å². The van der Waals surface area contributed by atoms with Crippen LogP contribution in [0.2, 0.25) is 0 Å². The molecule has 0 saturated carbocycles. The van der Waals surface area contributed by atoms with Crippen molar-refractivity contribution in [1.82, 2.24) is 0 Å². The van der Waals surface area contributed by atoms with Crippen molar-refractivity contribution < 1.29 is 22.6 Å². The summed E-state index contributed by atoms with van der Waals surface area (Å²) in [5.41, 5.74) is -0.0902. The van der Waals surface area contributed by atoms with Gasteiger partial charge in [-0.2, -0.15) is 18.4 Å². The molecule has 2 aromatic rings. The minimum absolute atomic E-state index is 0.0344. The lowest BCUT2D eigenvalue weighted by atomic mass is 10.0. The summed E-state index contributed by atoms with van der Waals surface area (Å²) in [5, 5.41) is 11.7. The lowest BCUT2D eigenvalue weighted by Crippen LogP contribution is -2.34. The molecule has 0 aromatic heterocycles. The van der Waals surface area contributed by atoms with E-state index >= 15 is 0 Å². The number of nitriles is 1. The zero-order chi connectivity index (χ0) is 18.0. The molecular weight excluding hydrogens is 333 g/mol. The van der Waals surface area contributed by atoms with E-state index in [0.29, 0.717) is 17.9 Å². The van der Waals surface area contributed by atoms with Crippen LogP contribution in [0.1, 0.15) is 16.7 Å². The Morgan fingerprint density at radius 2 is 2.08 bits per heavy atom. The predicted molar refractivity (Wildman–Crippen MR) is 85.8 cm³/mol. The van der Waals surface area contributed by atoms with Gasteiger partial charge in [0.2, 0.25) is 0 Å². The molecule has 1 N–H and O–H groups in total. The number of hydrogen-bond donors (Lipinski definition) is 1. The van der Waals surface area contributed by atoms with Crippen molar-refractivity contribution in [2.45, 2.75) is 18.6 Å². The van der Waals surface area contributed by atoms with Crippen LogP contribution in [0.5, 0.6) is 11.5 Å². The van der Waals surface area contributed by atoms with Gasteiger partial charge in [0, 0.05) is 11.3 Å². The SMILES string of the molecule is COc1cccc2c1OC[C@@H](Nc1ccc(C#N)cc1C(F)(F)F)C2. The van der Waals surface area contributed by atoms with Gasteiger partial charge in [-0.15, -0.1) is 0 Å². The fourth-order valence-electron chi connectivity index (χ4n) is 2.84. The first-order valence-electron chi connectivity index (χ1n) is 7.59. The smallest absolute Gasteiger partial charge is 0.418 e. The molecule has 0 aliphatic carbocycles. The van der Waals surface area contributed by atoms with Gasteiger partial charge in [0.15, 0.2) is 11.5 Å². The number of benzene rings is 2. The Hall–Kier alpha value is -2.88. The molecule has 4 nitrogen and oxygen atoms in total. The van der Waals surface area contributed by atoms with Gasteiger partial charge in [-0.1, -0.05) is 12.1 Å². The number of rotatable bonds is 3. The second-order valence-electron chi connectivity index (χ2n) is 5.67. The quantitative estimate of drug-likeness (QED) is 0.911. The van der Waals surface area contributed by atoms with Crippen LogP contribution in [0.4, 0.5) is 18.9 Å². The number of hydrogen-bond acceptors (Lipinski definition) is 4. The number of nitrogens with one attached hydrogen (secondary N) is 1. The van der Waals surface area contributed by atoms with Gasteiger partial charge in [-0.25, -0.2) is 0 Å². The summed E-state index contributed by atoms with van der Waals surface area (Å²) >= 11 is 0. The van der Waals surface area contributed by atoms with Gasteiger partial charge in [0.25, 0.3) is 0 Å². The lowest BCUT2D eigenvalue weighted by molar-refractivity contribution is -0.137. The topological polar surface area (TPSA) is 54.3 Å². The molecule has 7 heteroatoms. The van der Waals surface area contributed by atoms with Crippen LogP contribution >= 0.6 is 0 Å². The highest BCUT2D eigenvalue weighted by Gasteiger charge is 2.35. The van der Waals surface area contributed by atoms with Gasteiger partial charge in [0.1, 0.15) is 6.61 Å². The summed E-state index contributed by atoms with van der Waals surface area (Å²) in [5.74, 6) is 1.23. The van der Waals surface area contributed by atoms with E-state index in [4.69, 9.17) is 14.7 Å². The lowest BCUT2D eigenvalue weighted by Gasteiger charge is -2.28. The Morgan fingerprint density at radius 1 is 1.28 bits per heavy atom. The first-order chi connectivity index (χ1) is 11.9. The molecule has 25 heavy (non-hydrogen) atoms. The van der Waals surface area contributed by atoms with E-state index in [1.807, 2.05) is 12.1 Å². The van der Waals surface area contributed by atoms with Gasteiger partial charge in [-0.05, 0) is 30.7 Å². The second kappa shape index (κ2) is 6.55. The summed E-state index contributed by atoms with van der Waals surface area (Å²) < 4.78 is 50.7. The van der Waals surface area contributed by atoms with E-state index in [1.54, 1.807) is 12.1 Å². The molecule has 0 spiro atoms. The molecule has 0 amide bonds. The molecule has 1 heterocycles. The van der Waals surface area contributed by atoms with Crippen LogP contribution in [-0.2, 0) is 12.6 Å². The molecular formula is C18H15F3N2O2. The zero-order valence-electron chi connectivity index (χ0n) is 13.4. The van der Waals surface area contributed by atoms with Crippen molar-refractivity contribution in [2.75, 3.05) is 19.0 Å². The first-order valence-corrected chi connectivity index (χ1v) is 7.59. The highest BCUT2D eigenvalue weighted by Crippen LogP contribution is 2.38. The molecule has 0 unspecified atom stereocenters. The predicted octanol–water partition coefficient (Wildman–Crippen LogP) is 4.00. The molecule has 1 aliphatic rings. The van der Waals surface area contributed by atoms with Crippen molar-refractivity contribution in [3.05, 3.63) is 53.1 Å². The van der Waals surface area contributed by atoms with E-state index < -0.39 is 11.7 Å². The van der Waals surface area contributed by atoms with Crippen LogP contribution < -0.4 is 14.8 Å². The molecule has 1 atom stereocenters. The Labute approximate surface area is 142 Å². The summed E-state index contributed by atoms with van der Waals surface area (Å²) in [4.78, 5) is 0. The van der Waals surface area contributed by atoms with Crippen LogP contribution in [-0.4, -0.2) is 19.8 Å². The van der Waals surface area contributed by atoms with Gasteiger partial charge in [0.05, 0.1) is 30.3 Å². The standard InChI is InChI=1S/C18H15F3N2O2/c1-24-16-4-2-3-12-8-13(10-25-17(12)16)23-15-6-5-11(9-22)7-14(15)18(19,20)21/h2-7,13,23H,8,10H2,1H3/t13-/m0/s1. The normalized spacial score (nSPS) is 16.4. The summed E-state index contributed by atoms with van der Waals surface area (Å²) in [6.07, 6.45) is -4.05.